The molecular formula is C22H16Cl2N2O2S. The number of aromatic nitrogens is 2. The molecule has 4 nitrogen and oxygen atoms in total. The van der Waals surface area contributed by atoms with Gasteiger partial charge in [0, 0.05) is 27.4 Å². The van der Waals surface area contributed by atoms with Crippen LogP contribution in [-0.4, -0.2) is 24.5 Å². The van der Waals surface area contributed by atoms with E-state index < -0.39 is 9.84 Å². The third-order valence-electron chi connectivity index (χ3n) is 4.51. The van der Waals surface area contributed by atoms with Gasteiger partial charge in [0.15, 0.2) is 9.84 Å². The minimum atomic E-state index is -3.28. The molecule has 0 spiro atoms. The predicted octanol–water partition coefficient (Wildman–Crippen LogP) is 5.92. The Bertz CT molecular complexity index is 1280. The van der Waals surface area contributed by atoms with Crippen molar-refractivity contribution in [2.75, 3.05) is 6.26 Å². The maximum atomic E-state index is 11.8. The number of sulfone groups is 1. The van der Waals surface area contributed by atoms with E-state index in [1.54, 1.807) is 28.9 Å². The minimum absolute atomic E-state index is 0.255. The van der Waals surface area contributed by atoms with Crippen LogP contribution in [0.2, 0.25) is 10.0 Å². The topological polar surface area (TPSA) is 52.0 Å². The van der Waals surface area contributed by atoms with Crippen molar-refractivity contribution in [3.05, 3.63) is 88.9 Å². The Kier molecular flexibility index (Phi) is 5.21. The van der Waals surface area contributed by atoms with E-state index in [2.05, 4.69) is 0 Å². The number of rotatable bonds is 4. The molecule has 0 N–H and O–H groups in total. The van der Waals surface area contributed by atoms with Crippen LogP contribution in [0.15, 0.2) is 83.8 Å². The average Bonchev–Trinajstić information content (AvgIpc) is 3.13. The van der Waals surface area contributed by atoms with Crippen molar-refractivity contribution < 1.29 is 8.42 Å². The van der Waals surface area contributed by atoms with Gasteiger partial charge in [-0.1, -0.05) is 53.5 Å². The van der Waals surface area contributed by atoms with E-state index in [1.165, 1.54) is 6.26 Å². The lowest BCUT2D eigenvalue weighted by Crippen LogP contribution is -2.01. The molecule has 7 heteroatoms. The largest absolute Gasteiger partial charge is 0.232 e. The standard InChI is InChI=1S/C22H16Cl2N2O2S/c1-29(27,28)18-12-10-17(11-13-18)26-22(19-4-2-3-5-20(19)24)14-21(25-26)15-6-8-16(23)9-7-15/h2-14H,1H3. The van der Waals surface area contributed by atoms with Gasteiger partial charge in [-0.25, -0.2) is 13.1 Å². The molecular weight excluding hydrogens is 427 g/mol. The summed E-state index contributed by atoms with van der Waals surface area (Å²) in [5.74, 6) is 0. The first-order chi connectivity index (χ1) is 13.8. The number of nitrogens with zero attached hydrogens (tertiary/aromatic N) is 2. The molecule has 1 aromatic heterocycles. The van der Waals surface area contributed by atoms with Gasteiger partial charge in [0.05, 0.1) is 22.0 Å². The Balaban J connectivity index is 1.89. The highest BCUT2D eigenvalue weighted by Gasteiger charge is 2.16. The molecule has 0 aliphatic rings. The molecule has 0 bridgehead atoms. The Hall–Kier alpha value is -2.60. The summed E-state index contributed by atoms with van der Waals surface area (Å²) in [4.78, 5) is 0.255. The average molecular weight is 443 g/mol. The second-order valence-corrected chi connectivity index (χ2v) is 9.44. The fraction of sp³-hybridized carbons (Fsp3) is 0.0455. The summed E-state index contributed by atoms with van der Waals surface area (Å²) >= 11 is 12.4. The summed E-state index contributed by atoms with van der Waals surface area (Å²) in [6, 6.07) is 23.5. The lowest BCUT2D eigenvalue weighted by atomic mass is 10.1. The third kappa shape index (κ3) is 4.08. The van der Waals surface area contributed by atoms with Crippen LogP contribution >= 0.6 is 23.2 Å². The number of hydrogen-bond donors (Lipinski definition) is 0. The van der Waals surface area contributed by atoms with Gasteiger partial charge >= 0.3 is 0 Å². The highest BCUT2D eigenvalue weighted by atomic mass is 35.5. The zero-order chi connectivity index (χ0) is 20.6. The molecule has 3 aromatic carbocycles. The zero-order valence-corrected chi connectivity index (χ0v) is 17.7. The van der Waals surface area contributed by atoms with Gasteiger partial charge in [0.1, 0.15) is 0 Å². The van der Waals surface area contributed by atoms with Crippen molar-refractivity contribution in [1.29, 1.82) is 0 Å². The predicted molar refractivity (Wildman–Crippen MR) is 118 cm³/mol. The fourth-order valence-electron chi connectivity index (χ4n) is 3.03. The Morgan fingerprint density at radius 3 is 2.14 bits per heavy atom. The van der Waals surface area contributed by atoms with Crippen LogP contribution in [-0.2, 0) is 9.84 Å². The Labute approximate surface area is 179 Å². The van der Waals surface area contributed by atoms with E-state index in [1.807, 2.05) is 54.6 Å². The van der Waals surface area contributed by atoms with Crippen LogP contribution in [0.1, 0.15) is 0 Å². The van der Waals surface area contributed by atoms with Crippen molar-refractivity contribution in [2.24, 2.45) is 0 Å². The van der Waals surface area contributed by atoms with Crippen LogP contribution in [0.3, 0.4) is 0 Å². The molecule has 0 atom stereocenters. The molecule has 0 fully saturated rings. The summed E-state index contributed by atoms with van der Waals surface area (Å²) in [7, 11) is -3.28. The minimum Gasteiger partial charge on any atom is -0.232 e. The number of hydrogen-bond acceptors (Lipinski definition) is 3. The summed E-state index contributed by atoms with van der Waals surface area (Å²) in [5.41, 5.74) is 4.02. The highest BCUT2D eigenvalue weighted by Crippen LogP contribution is 2.33. The van der Waals surface area contributed by atoms with Crippen molar-refractivity contribution in [3.63, 3.8) is 0 Å². The second kappa shape index (κ2) is 7.67. The van der Waals surface area contributed by atoms with Crippen LogP contribution in [0.25, 0.3) is 28.2 Å². The van der Waals surface area contributed by atoms with E-state index in [-0.39, 0.29) is 4.90 Å². The lowest BCUT2D eigenvalue weighted by Gasteiger charge is -2.09. The first-order valence-electron chi connectivity index (χ1n) is 8.74. The lowest BCUT2D eigenvalue weighted by molar-refractivity contribution is 0.602. The molecule has 1 heterocycles. The molecule has 29 heavy (non-hydrogen) atoms. The molecule has 0 aliphatic carbocycles. The maximum Gasteiger partial charge on any atom is 0.175 e. The van der Waals surface area contributed by atoms with Crippen molar-refractivity contribution >= 4 is 33.0 Å². The van der Waals surface area contributed by atoms with Gasteiger partial charge < -0.3 is 0 Å². The SMILES string of the molecule is CS(=O)(=O)c1ccc(-n2nc(-c3ccc(Cl)cc3)cc2-c2ccccc2Cl)cc1. The van der Waals surface area contributed by atoms with Crippen LogP contribution in [0.5, 0.6) is 0 Å². The van der Waals surface area contributed by atoms with Gasteiger partial charge in [0.2, 0.25) is 0 Å². The van der Waals surface area contributed by atoms with E-state index >= 15 is 0 Å². The van der Waals surface area contributed by atoms with Crippen LogP contribution in [0, 0.1) is 0 Å². The summed E-state index contributed by atoms with van der Waals surface area (Å²) in [5, 5.41) is 6.01. The quantitative estimate of drug-likeness (QED) is 0.394. The van der Waals surface area contributed by atoms with Crippen LogP contribution in [0.4, 0.5) is 0 Å². The summed E-state index contributed by atoms with van der Waals surface area (Å²) < 4.78 is 25.3. The first-order valence-corrected chi connectivity index (χ1v) is 11.4. The van der Waals surface area contributed by atoms with Gasteiger partial charge in [-0.05, 0) is 48.5 Å². The highest BCUT2D eigenvalue weighted by molar-refractivity contribution is 7.90. The fourth-order valence-corrected chi connectivity index (χ4v) is 4.02. The smallest absolute Gasteiger partial charge is 0.175 e. The Morgan fingerprint density at radius 2 is 1.52 bits per heavy atom. The molecule has 0 saturated heterocycles. The molecule has 0 aliphatic heterocycles. The third-order valence-corrected chi connectivity index (χ3v) is 6.22. The monoisotopic (exact) mass is 442 g/mol. The number of halogens is 2. The van der Waals surface area contributed by atoms with Crippen molar-refractivity contribution in [2.45, 2.75) is 4.90 Å². The maximum absolute atomic E-state index is 11.8. The molecule has 0 saturated carbocycles. The van der Waals surface area contributed by atoms with E-state index in [9.17, 15) is 8.42 Å². The van der Waals surface area contributed by atoms with E-state index in [4.69, 9.17) is 28.3 Å². The molecule has 0 unspecified atom stereocenters. The number of benzene rings is 3. The normalized spacial score (nSPS) is 11.6. The van der Waals surface area contributed by atoms with Gasteiger partial charge in [-0.3, -0.25) is 0 Å². The molecule has 146 valence electrons. The summed E-state index contributed by atoms with van der Waals surface area (Å²) in [6.07, 6.45) is 1.18. The van der Waals surface area contributed by atoms with Gasteiger partial charge in [0.25, 0.3) is 0 Å². The molecule has 0 radical (unpaired) electrons. The van der Waals surface area contributed by atoms with E-state index in [0.29, 0.717) is 10.0 Å². The molecule has 0 amide bonds. The summed E-state index contributed by atoms with van der Waals surface area (Å²) in [6.45, 7) is 0. The molecule has 4 aromatic rings. The zero-order valence-electron chi connectivity index (χ0n) is 15.4. The van der Waals surface area contributed by atoms with Crippen molar-refractivity contribution in [3.8, 4) is 28.2 Å². The second-order valence-electron chi connectivity index (χ2n) is 6.58. The van der Waals surface area contributed by atoms with Crippen molar-refractivity contribution in [1.82, 2.24) is 9.78 Å². The first kappa shape index (κ1) is 19.7. The van der Waals surface area contributed by atoms with E-state index in [0.717, 1.165) is 28.2 Å². The van der Waals surface area contributed by atoms with Gasteiger partial charge in [-0.2, -0.15) is 5.10 Å². The Morgan fingerprint density at radius 1 is 0.862 bits per heavy atom. The van der Waals surface area contributed by atoms with Gasteiger partial charge in [-0.15, -0.1) is 0 Å². The molecule has 4 rings (SSSR count). The van der Waals surface area contributed by atoms with Crippen LogP contribution < -0.4 is 0 Å².